The van der Waals surface area contributed by atoms with E-state index in [4.69, 9.17) is 0 Å². The largest absolute Gasteiger partial charge is 0.387 e. The van der Waals surface area contributed by atoms with Gasteiger partial charge >= 0.3 is 0 Å². The van der Waals surface area contributed by atoms with Crippen LogP contribution in [0.25, 0.3) is 10.8 Å². The minimum atomic E-state index is -3.17. The lowest BCUT2D eigenvalue weighted by Gasteiger charge is -2.10. The van der Waals surface area contributed by atoms with E-state index in [1.807, 2.05) is 36.4 Å². The summed E-state index contributed by atoms with van der Waals surface area (Å²) in [6.07, 6.45) is 0.159. The molecule has 0 aliphatic heterocycles. The molecular formula is C13H14O3S. The molecule has 1 N–H and O–H groups in total. The van der Waals surface area contributed by atoms with Crippen molar-refractivity contribution in [1.82, 2.24) is 0 Å². The van der Waals surface area contributed by atoms with E-state index in [0.29, 0.717) is 5.56 Å². The first-order chi connectivity index (χ1) is 7.96. The van der Waals surface area contributed by atoms with Crippen molar-refractivity contribution in [3.63, 3.8) is 0 Å². The van der Waals surface area contributed by atoms with Crippen molar-refractivity contribution in [2.75, 3.05) is 12.0 Å². The van der Waals surface area contributed by atoms with Gasteiger partial charge in [0.25, 0.3) is 0 Å². The quantitative estimate of drug-likeness (QED) is 0.905. The first kappa shape index (κ1) is 12.1. The van der Waals surface area contributed by atoms with Crippen molar-refractivity contribution in [2.45, 2.75) is 6.10 Å². The minimum Gasteiger partial charge on any atom is -0.387 e. The van der Waals surface area contributed by atoms with Crippen LogP contribution in [0.3, 0.4) is 0 Å². The van der Waals surface area contributed by atoms with Crippen LogP contribution in [0.2, 0.25) is 0 Å². The summed E-state index contributed by atoms with van der Waals surface area (Å²) >= 11 is 0. The zero-order valence-corrected chi connectivity index (χ0v) is 10.3. The Balaban J connectivity index is 2.36. The van der Waals surface area contributed by atoms with E-state index in [9.17, 15) is 13.5 Å². The summed E-state index contributed by atoms with van der Waals surface area (Å²) < 4.78 is 22.2. The Labute approximate surface area is 101 Å². The number of aliphatic hydroxyl groups excluding tert-OH is 1. The molecule has 0 spiro atoms. The lowest BCUT2D eigenvalue weighted by Crippen LogP contribution is -2.12. The van der Waals surface area contributed by atoms with E-state index in [0.717, 1.165) is 17.0 Å². The predicted octanol–water partition coefficient (Wildman–Crippen LogP) is 1.92. The molecule has 0 bridgehead atoms. The van der Waals surface area contributed by atoms with Crippen LogP contribution in [0.5, 0.6) is 0 Å². The van der Waals surface area contributed by atoms with E-state index in [1.54, 1.807) is 6.07 Å². The Bertz CT molecular complexity index is 632. The Morgan fingerprint density at radius 3 is 2.41 bits per heavy atom. The lowest BCUT2D eigenvalue weighted by molar-refractivity contribution is 0.202. The Morgan fingerprint density at radius 1 is 1.12 bits per heavy atom. The van der Waals surface area contributed by atoms with Crippen LogP contribution in [0.4, 0.5) is 0 Å². The minimum absolute atomic E-state index is 0.245. The van der Waals surface area contributed by atoms with Crippen LogP contribution in [0.1, 0.15) is 11.7 Å². The third-order valence-electron chi connectivity index (χ3n) is 2.62. The SMILES string of the molecule is CS(=O)(=O)C[C@@H](O)c1ccc2ccccc2c1. The van der Waals surface area contributed by atoms with Crippen LogP contribution < -0.4 is 0 Å². The van der Waals surface area contributed by atoms with Crippen molar-refractivity contribution in [3.8, 4) is 0 Å². The van der Waals surface area contributed by atoms with Gasteiger partial charge in [0.1, 0.15) is 9.84 Å². The summed E-state index contributed by atoms with van der Waals surface area (Å²) in [4.78, 5) is 0. The molecule has 17 heavy (non-hydrogen) atoms. The fraction of sp³-hybridized carbons (Fsp3) is 0.231. The van der Waals surface area contributed by atoms with Gasteiger partial charge in [-0.2, -0.15) is 0 Å². The molecule has 0 aliphatic carbocycles. The van der Waals surface area contributed by atoms with E-state index in [2.05, 4.69) is 0 Å². The van der Waals surface area contributed by atoms with Gasteiger partial charge in [0, 0.05) is 6.26 Å². The van der Waals surface area contributed by atoms with Gasteiger partial charge in [-0.3, -0.25) is 0 Å². The smallest absolute Gasteiger partial charge is 0.150 e. The van der Waals surface area contributed by atoms with Gasteiger partial charge in [0.15, 0.2) is 0 Å². The normalized spacial score (nSPS) is 13.8. The van der Waals surface area contributed by atoms with Gasteiger partial charge in [-0.25, -0.2) is 8.42 Å². The number of fused-ring (bicyclic) bond motifs is 1. The topological polar surface area (TPSA) is 54.4 Å². The number of benzene rings is 2. The molecule has 0 saturated carbocycles. The maximum Gasteiger partial charge on any atom is 0.150 e. The third kappa shape index (κ3) is 3.05. The summed E-state index contributed by atoms with van der Waals surface area (Å²) in [5, 5.41) is 11.9. The van der Waals surface area contributed by atoms with E-state index in [-0.39, 0.29) is 5.75 Å². The highest BCUT2D eigenvalue weighted by Gasteiger charge is 2.14. The van der Waals surface area contributed by atoms with Gasteiger partial charge < -0.3 is 5.11 Å². The average molecular weight is 250 g/mol. The van der Waals surface area contributed by atoms with Crippen molar-refractivity contribution in [2.24, 2.45) is 0 Å². The zero-order valence-electron chi connectivity index (χ0n) is 9.50. The summed E-state index contributed by atoms with van der Waals surface area (Å²) in [5.41, 5.74) is 0.633. The molecule has 90 valence electrons. The maximum absolute atomic E-state index is 11.1. The van der Waals surface area contributed by atoms with Gasteiger partial charge in [-0.1, -0.05) is 36.4 Å². The van der Waals surface area contributed by atoms with Crippen LogP contribution in [-0.2, 0) is 9.84 Å². The van der Waals surface area contributed by atoms with Crippen molar-refractivity contribution >= 4 is 20.6 Å². The zero-order chi connectivity index (χ0) is 12.5. The highest BCUT2D eigenvalue weighted by Crippen LogP contribution is 2.21. The fourth-order valence-corrected chi connectivity index (χ4v) is 2.56. The van der Waals surface area contributed by atoms with Crippen molar-refractivity contribution in [1.29, 1.82) is 0 Å². The highest BCUT2D eigenvalue weighted by molar-refractivity contribution is 7.90. The Hall–Kier alpha value is -1.39. The summed E-state index contributed by atoms with van der Waals surface area (Å²) in [7, 11) is -3.17. The molecule has 0 radical (unpaired) electrons. The van der Waals surface area contributed by atoms with E-state index in [1.165, 1.54) is 0 Å². The van der Waals surface area contributed by atoms with Gasteiger partial charge in [0.05, 0.1) is 11.9 Å². The van der Waals surface area contributed by atoms with E-state index < -0.39 is 15.9 Å². The number of hydrogen-bond donors (Lipinski definition) is 1. The molecule has 1 atom stereocenters. The van der Waals surface area contributed by atoms with E-state index >= 15 is 0 Å². The molecule has 3 nitrogen and oxygen atoms in total. The average Bonchev–Trinajstić information content (AvgIpc) is 2.26. The van der Waals surface area contributed by atoms with Crippen LogP contribution >= 0.6 is 0 Å². The number of hydrogen-bond acceptors (Lipinski definition) is 3. The number of rotatable bonds is 3. The summed E-state index contributed by atoms with van der Waals surface area (Å²) in [5.74, 6) is -0.245. The lowest BCUT2D eigenvalue weighted by atomic mass is 10.0. The van der Waals surface area contributed by atoms with Gasteiger partial charge in [-0.15, -0.1) is 0 Å². The predicted molar refractivity (Wildman–Crippen MR) is 68.6 cm³/mol. The standard InChI is InChI=1S/C13H14O3S/c1-17(15,16)9-13(14)12-7-6-10-4-2-3-5-11(10)8-12/h2-8,13-14H,9H2,1H3/t13-/m1/s1. The molecule has 0 fully saturated rings. The Morgan fingerprint density at radius 2 is 1.76 bits per heavy atom. The monoisotopic (exact) mass is 250 g/mol. The molecule has 2 aromatic rings. The third-order valence-corrected chi connectivity index (χ3v) is 3.54. The highest BCUT2D eigenvalue weighted by atomic mass is 32.2. The molecule has 0 aromatic heterocycles. The fourth-order valence-electron chi connectivity index (χ4n) is 1.80. The van der Waals surface area contributed by atoms with Crippen molar-refractivity contribution < 1.29 is 13.5 Å². The molecule has 0 aliphatic rings. The second-order valence-electron chi connectivity index (χ2n) is 4.21. The van der Waals surface area contributed by atoms with Crippen LogP contribution in [0, 0.1) is 0 Å². The van der Waals surface area contributed by atoms with Crippen LogP contribution in [0.15, 0.2) is 42.5 Å². The summed E-state index contributed by atoms with van der Waals surface area (Å²) in [6.45, 7) is 0. The molecular weight excluding hydrogens is 236 g/mol. The second kappa shape index (κ2) is 4.47. The molecule has 0 amide bonds. The first-order valence-corrected chi connectivity index (χ1v) is 7.36. The molecule has 2 rings (SSSR count). The number of aliphatic hydroxyl groups is 1. The first-order valence-electron chi connectivity index (χ1n) is 5.30. The van der Waals surface area contributed by atoms with Crippen LogP contribution in [-0.4, -0.2) is 25.5 Å². The number of sulfone groups is 1. The van der Waals surface area contributed by atoms with Gasteiger partial charge in [0.2, 0.25) is 0 Å². The molecule has 0 saturated heterocycles. The second-order valence-corrected chi connectivity index (χ2v) is 6.40. The molecule has 0 heterocycles. The molecule has 0 unspecified atom stereocenters. The molecule has 4 heteroatoms. The maximum atomic E-state index is 11.1. The van der Waals surface area contributed by atoms with Gasteiger partial charge in [-0.05, 0) is 22.4 Å². The Kier molecular flexibility index (Phi) is 3.17. The van der Waals surface area contributed by atoms with Crippen molar-refractivity contribution in [3.05, 3.63) is 48.0 Å². The summed E-state index contributed by atoms with van der Waals surface area (Å²) in [6, 6.07) is 13.2. The molecule has 2 aromatic carbocycles.